The number of nitrogens with one attached hydrogen (secondary N) is 2. The highest BCUT2D eigenvalue weighted by Gasteiger charge is 2.43. The van der Waals surface area contributed by atoms with E-state index in [1.54, 1.807) is 38.1 Å². The Labute approximate surface area is 158 Å². The molecular weight excluding hydrogens is 356 g/mol. The summed E-state index contributed by atoms with van der Waals surface area (Å²) in [6.45, 7) is 4.01. The van der Waals surface area contributed by atoms with Crippen molar-refractivity contribution in [3.63, 3.8) is 0 Å². The van der Waals surface area contributed by atoms with Gasteiger partial charge in [-0.1, -0.05) is 44.2 Å². The van der Waals surface area contributed by atoms with Gasteiger partial charge in [-0.15, -0.1) is 0 Å². The maximum Gasteiger partial charge on any atom is 0.287 e. The van der Waals surface area contributed by atoms with Gasteiger partial charge in [-0.25, -0.2) is 8.78 Å². The third kappa shape index (κ3) is 7.60. The third-order valence-electron chi connectivity index (χ3n) is 4.12. The number of halogens is 2. The monoisotopic (exact) mass is 385 g/mol. The van der Waals surface area contributed by atoms with Crippen molar-refractivity contribution >= 4 is 11.8 Å². The first-order valence-electron chi connectivity index (χ1n) is 8.96. The van der Waals surface area contributed by atoms with Crippen LogP contribution in [0.1, 0.15) is 32.8 Å². The molecule has 27 heavy (non-hydrogen) atoms. The summed E-state index contributed by atoms with van der Waals surface area (Å²) in [4.78, 5) is 24.4. The van der Waals surface area contributed by atoms with Crippen LogP contribution in [0.25, 0.3) is 0 Å². The van der Waals surface area contributed by atoms with E-state index >= 15 is 0 Å². The van der Waals surface area contributed by atoms with Crippen molar-refractivity contribution in [1.29, 1.82) is 0 Å². The Morgan fingerprint density at radius 1 is 1.15 bits per heavy atom. The summed E-state index contributed by atoms with van der Waals surface area (Å²) in [6, 6.07) is 6.89. The minimum atomic E-state index is -3.52. The smallest absolute Gasteiger partial charge is 0.287 e. The second-order valence-corrected chi connectivity index (χ2v) is 7.11. The number of benzene rings is 1. The SMILES string of the molecule is CC(C)CC(NC(=O)C(C)NC(=O)Cc1ccccc1)C(O)C(F)(F)CN. The number of aliphatic hydroxyl groups is 1. The highest BCUT2D eigenvalue weighted by Crippen LogP contribution is 2.23. The molecule has 8 heteroatoms. The zero-order valence-corrected chi connectivity index (χ0v) is 15.9. The first kappa shape index (κ1) is 23.0. The summed E-state index contributed by atoms with van der Waals surface area (Å²) in [5, 5.41) is 14.9. The molecule has 2 amide bonds. The van der Waals surface area contributed by atoms with Crippen molar-refractivity contribution in [1.82, 2.24) is 10.6 Å². The van der Waals surface area contributed by atoms with Crippen molar-refractivity contribution in [3.05, 3.63) is 35.9 Å². The van der Waals surface area contributed by atoms with E-state index in [-0.39, 0.29) is 24.7 Å². The molecule has 0 aliphatic heterocycles. The van der Waals surface area contributed by atoms with Gasteiger partial charge in [0.15, 0.2) is 0 Å². The number of hydrogen-bond donors (Lipinski definition) is 4. The second kappa shape index (κ2) is 10.3. The summed E-state index contributed by atoms with van der Waals surface area (Å²) in [6.07, 6.45) is -1.87. The van der Waals surface area contributed by atoms with E-state index in [1.807, 2.05) is 6.07 Å². The number of rotatable bonds is 10. The van der Waals surface area contributed by atoms with Crippen LogP contribution in [0.15, 0.2) is 30.3 Å². The second-order valence-electron chi connectivity index (χ2n) is 7.11. The average Bonchev–Trinajstić information content (AvgIpc) is 2.60. The molecule has 3 unspecified atom stereocenters. The van der Waals surface area contributed by atoms with Gasteiger partial charge in [-0.2, -0.15) is 0 Å². The number of hydrogen-bond acceptors (Lipinski definition) is 4. The van der Waals surface area contributed by atoms with E-state index in [4.69, 9.17) is 5.73 Å². The number of nitrogens with two attached hydrogens (primary N) is 1. The number of carbonyl (C=O) groups excluding carboxylic acids is 2. The van der Waals surface area contributed by atoms with E-state index in [2.05, 4.69) is 10.6 Å². The molecule has 0 spiro atoms. The Balaban J connectivity index is 2.69. The number of carbonyl (C=O) groups is 2. The fourth-order valence-electron chi connectivity index (χ4n) is 2.64. The van der Waals surface area contributed by atoms with Crippen molar-refractivity contribution < 1.29 is 23.5 Å². The third-order valence-corrected chi connectivity index (χ3v) is 4.12. The lowest BCUT2D eigenvalue weighted by molar-refractivity contribution is -0.135. The molecular formula is C19H29F2N3O3. The van der Waals surface area contributed by atoms with E-state index < -0.39 is 36.6 Å². The molecule has 0 bridgehead atoms. The van der Waals surface area contributed by atoms with Gasteiger partial charge in [0.25, 0.3) is 5.92 Å². The maximum absolute atomic E-state index is 13.8. The van der Waals surface area contributed by atoms with E-state index in [0.29, 0.717) is 0 Å². The standard InChI is InChI=1S/C19H29F2N3O3/c1-12(2)9-15(17(26)19(20,21)11-22)24-18(27)13(3)23-16(25)10-14-7-5-4-6-8-14/h4-8,12-13,15,17,26H,9-11,22H2,1-3H3,(H,23,25)(H,24,27). The predicted molar refractivity (Wildman–Crippen MR) is 99.1 cm³/mol. The topological polar surface area (TPSA) is 104 Å². The lowest BCUT2D eigenvalue weighted by Gasteiger charge is -2.31. The van der Waals surface area contributed by atoms with Gasteiger partial charge in [0.2, 0.25) is 11.8 Å². The van der Waals surface area contributed by atoms with Crippen LogP contribution in [0.5, 0.6) is 0 Å². The minimum absolute atomic E-state index is 0.0403. The Morgan fingerprint density at radius 2 is 1.74 bits per heavy atom. The van der Waals surface area contributed by atoms with E-state index in [1.165, 1.54) is 6.92 Å². The van der Waals surface area contributed by atoms with Gasteiger partial charge < -0.3 is 21.5 Å². The van der Waals surface area contributed by atoms with Gasteiger partial charge in [0.05, 0.1) is 19.0 Å². The molecule has 0 saturated carbocycles. The molecule has 152 valence electrons. The Bertz CT molecular complexity index is 611. The molecule has 0 fully saturated rings. The first-order chi connectivity index (χ1) is 12.6. The van der Waals surface area contributed by atoms with Crippen LogP contribution in [0, 0.1) is 5.92 Å². The summed E-state index contributed by atoms with van der Waals surface area (Å²) in [7, 11) is 0. The van der Waals surface area contributed by atoms with Crippen LogP contribution in [0.2, 0.25) is 0 Å². The lowest BCUT2D eigenvalue weighted by atomic mass is 9.95. The minimum Gasteiger partial charge on any atom is -0.385 e. The number of alkyl halides is 2. The Hall–Kier alpha value is -2.06. The Morgan fingerprint density at radius 3 is 2.26 bits per heavy atom. The first-order valence-corrected chi connectivity index (χ1v) is 8.96. The zero-order chi connectivity index (χ0) is 20.6. The van der Waals surface area contributed by atoms with Gasteiger partial charge >= 0.3 is 0 Å². The fourth-order valence-corrected chi connectivity index (χ4v) is 2.64. The largest absolute Gasteiger partial charge is 0.385 e. The van der Waals surface area contributed by atoms with Crippen LogP contribution < -0.4 is 16.4 Å². The van der Waals surface area contributed by atoms with Crippen molar-refractivity contribution in [3.8, 4) is 0 Å². The van der Waals surface area contributed by atoms with Crippen LogP contribution in [-0.2, 0) is 16.0 Å². The summed E-state index contributed by atoms with van der Waals surface area (Å²) in [5.41, 5.74) is 5.82. The molecule has 1 rings (SSSR count). The molecule has 6 nitrogen and oxygen atoms in total. The summed E-state index contributed by atoms with van der Waals surface area (Å²) < 4.78 is 27.5. The molecule has 0 saturated heterocycles. The highest BCUT2D eigenvalue weighted by atomic mass is 19.3. The number of amides is 2. The highest BCUT2D eigenvalue weighted by molar-refractivity contribution is 5.88. The average molecular weight is 385 g/mol. The summed E-state index contributed by atoms with van der Waals surface area (Å²) >= 11 is 0. The maximum atomic E-state index is 13.8. The van der Waals surface area contributed by atoms with Crippen LogP contribution >= 0.6 is 0 Å². The molecule has 0 heterocycles. The predicted octanol–water partition coefficient (Wildman–Crippen LogP) is 1.22. The fraction of sp³-hybridized carbons (Fsp3) is 0.579. The summed E-state index contributed by atoms with van der Waals surface area (Å²) in [5.74, 6) is -4.57. The molecule has 0 aliphatic rings. The van der Waals surface area contributed by atoms with Crippen LogP contribution in [0.3, 0.4) is 0 Å². The van der Waals surface area contributed by atoms with Crippen LogP contribution in [-0.4, -0.2) is 47.6 Å². The quantitative estimate of drug-likeness (QED) is 0.486. The van der Waals surface area contributed by atoms with Crippen molar-refractivity contribution in [2.75, 3.05) is 6.54 Å². The van der Waals surface area contributed by atoms with Gasteiger partial charge in [0, 0.05) is 0 Å². The molecule has 0 radical (unpaired) electrons. The molecule has 0 aliphatic carbocycles. The molecule has 0 aromatic heterocycles. The van der Waals surface area contributed by atoms with Gasteiger partial charge in [-0.05, 0) is 24.8 Å². The molecule has 1 aromatic carbocycles. The van der Waals surface area contributed by atoms with E-state index in [0.717, 1.165) is 5.56 Å². The van der Waals surface area contributed by atoms with Crippen molar-refractivity contribution in [2.45, 2.75) is 57.7 Å². The van der Waals surface area contributed by atoms with E-state index in [9.17, 15) is 23.5 Å². The van der Waals surface area contributed by atoms with Gasteiger partial charge in [0.1, 0.15) is 12.1 Å². The number of aliphatic hydroxyl groups excluding tert-OH is 1. The zero-order valence-electron chi connectivity index (χ0n) is 15.9. The Kier molecular flexibility index (Phi) is 8.78. The lowest BCUT2D eigenvalue weighted by Crippen LogP contribution is -2.57. The van der Waals surface area contributed by atoms with Crippen molar-refractivity contribution in [2.24, 2.45) is 11.7 Å². The molecule has 5 N–H and O–H groups in total. The molecule has 1 aromatic rings. The normalized spacial score (nSPS) is 15.1. The molecule has 3 atom stereocenters. The van der Waals surface area contributed by atoms with Crippen LogP contribution in [0.4, 0.5) is 8.78 Å². The van der Waals surface area contributed by atoms with Gasteiger partial charge in [-0.3, -0.25) is 9.59 Å².